The summed E-state index contributed by atoms with van der Waals surface area (Å²) in [5.41, 5.74) is 0.384. The predicted molar refractivity (Wildman–Crippen MR) is 122 cm³/mol. The van der Waals surface area contributed by atoms with Gasteiger partial charge in [-0.2, -0.15) is 18.3 Å². The third-order valence-corrected chi connectivity index (χ3v) is 6.05. The fourth-order valence-corrected chi connectivity index (χ4v) is 4.20. The zero-order chi connectivity index (χ0) is 24.3. The largest absolute Gasteiger partial charge is 0.416 e. The van der Waals surface area contributed by atoms with E-state index in [4.69, 9.17) is 0 Å². The Labute approximate surface area is 194 Å². The van der Waals surface area contributed by atoms with Crippen molar-refractivity contribution in [3.8, 4) is 0 Å². The maximum atomic E-state index is 12.8. The molecule has 34 heavy (non-hydrogen) atoms. The monoisotopic (exact) mass is 473 g/mol. The van der Waals surface area contributed by atoms with Crippen LogP contribution in [0.4, 0.5) is 23.7 Å². The normalized spacial score (nSPS) is 14.9. The molecular weight excluding hydrogens is 447 g/mol. The van der Waals surface area contributed by atoms with Crippen LogP contribution in [0, 0.1) is 0 Å². The first-order valence-corrected chi connectivity index (χ1v) is 11.2. The number of likely N-dealkylation sites (tertiary alicyclic amines) is 1. The van der Waals surface area contributed by atoms with Gasteiger partial charge in [0, 0.05) is 31.2 Å². The van der Waals surface area contributed by atoms with Crippen LogP contribution < -0.4 is 11.0 Å². The van der Waals surface area contributed by atoms with Crippen LogP contribution in [0.25, 0.3) is 0 Å². The summed E-state index contributed by atoms with van der Waals surface area (Å²) in [5.74, 6) is 0.769. The van der Waals surface area contributed by atoms with Gasteiger partial charge in [-0.05, 0) is 49.6 Å². The summed E-state index contributed by atoms with van der Waals surface area (Å²) in [4.78, 5) is 27.1. The maximum Gasteiger partial charge on any atom is 0.416 e. The minimum Gasteiger partial charge on any atom is -0.324 e. The Bertz CT molecular complexity index is 1180. The molecular formula is C24H26F3N5O2. The van der Waals surface area contributed by atoms with Gasteiger partial charge in [-0.1, -0.05) is 30.3 Å². The molecule has 0 radical (unpaired) electrons. The van der Waals surface area contributed by atoms with Crippen molar-refractivity contribution >= 4 is 11.7 Å². The average molecular weight is 473 g/mol. The summed E-state index contributed by atoms with van der Waals surface area (Å²) in [5, 5.41) is 7.27. The molecule has 0 atom stereocenters. The van der Waals surface area contributed by atoms with E-state index in [0.717, 1.165) is 23.5 Å². The number of benzene rings is 2. The Morgan fingerprint density at radius 1 is 1.06 bits per heavy atom. The lowest BCUT2D eigenvalue weighted by Crippen LogP contribution is -2.41. The van der Waals surface area contributed by atoms with Gasteiger partial charge in [0.1, 0.15) is 5.82 Å². The SMILES string of the molecule is CCn1c(C2CCN(C(=O)Nc3ccc(C(F)(F)F)cc3)CC2)nn(Cc2ccccc2)c1=O. The van der Waals surface area contributed by atoms with Crippen molar-refractivity contribution in [3.63, 3.8) is 0 Å². The number of aromatic nitrogens is 3. The molecule has 3 aromatic rings. The molecule has 0 spiro atoms. The second-order valence-electron chi connectivity index (χ2n) is 8.29. The van der Waals surface area contributed by atoms with E-state index < -0.39 is 11.7 Å². The van der Waals surface area contributed by atoms with E-state index in [0.29, 0.717) is 44.7 Å². The number of nitrogens with one attached hydrogen (secondary N) is 1. The molecule has 1 aliphatic heterocycles. The number of hydrogen-bond acceptors (Lipinski definition) is 3. The van der Waals surface area contributed by atoms with Crippen molar-refractivity contribution in [2.45, 2.75) is 44.9 Å². The molecule has 0 unspecified atom stereocenters. The molecule has 4 rings (SSSR count). The highest BCUT2D eigenvalue weighted by atomic mass is 19.4. The molecule has 7 nitrogen and oxygen atoms in total. The zero-order valence-corrected chi connectivity index (χ0v) is 18.8. The Morgan fingerprint density at radius 3 is 2.29 bits per heavy atom. The molecule has 180 valence electrons. The lowest BCUT2D eigenvalue weighted by atomic mass is 9.96. The van der Waals surface area contributed by atoms with Gasteiger partial charge in [-0.3, -0.25) is 4.57 Å². The molecule has 0 aliphatic carbocycles. The first kappa shape index (κ1) is 23.6. The number of anilines is 1. The molecule has 2 heterocycles. The summed E-state index contributed by atoms with van der Waals surface area (Å²) < 4.78 is 41.3. The quantitative estimate of drug-likeness (QED) is 0.591. The van der Waals surface area contributed by atoms with E-state index in [9.17, 15) is 22.8 Å². The van der Waals surface area contributed by atoms with Gasteiger partial charge >= 0.3 is 17.9 Å². The molecule has 1 fully saturated rings. The zero-order valence-electron chi connectivity index (χ0n) is 18.8. The van der Waals surface area contributed by atoms with Crippen LogP contribution in [0.5, 0.6) is 0 Å². The van der Waals surface area contributed by atoms with Crippen LogP contribution in [0.3, 0.4) is 0 Å². The minimum atomic E-state index is -4.42. The smallest absolute Gasteiger partial charge is 0.324 e. The standard InChI is InChI=1S/C24H26F3N5O2/c1-2-31-21(29-32(23(31)34)16-17-6-4-3-5-7-17)18-12-14-30(15-13-18)22(33)28-20-10-8-19(9-11-20)24(25,26)27/h3-11,18H,2,12-16H2,1H3,(H,28,33). The molecule has 1 aromatic heterocycles. The number of carbonyl (C=O) groups excluding carboxylic acids is 1. The van der Waals surface area contributed by atoms with Gasteiger partial charge < -0.3 is 10.2 Å². The maximum absolute atomic E-state index is 12.8. The number of nitrogens with zero attached hydrogens (tertiary/aromatic N) is 4. The van der Waals surface area contributed by atoms with Crippen molar-refractivity contribution in [1.29, 1.82) is 0 Å². The summed E-state index contributed by atoms with van der Waals surface area (Å²) in [6.07, 6.45) is -3.14. The Morgan fingerprint density at radius 2 is 1.71 bits per heavy atom. The minimum absolute atomic E-state index is 0.0415. The highest BCUT2D eigenvalue weighted by Crippen LogP contribution is 2.30. The summed E-state index contributed by atoms with van der Waals surface area (Å²) >= 11 is 0. The third-order valence-electron chi connectivity index (χ3n) is 6.05. The molecule has 1 N–H and O–H groups in total. The van der Waals surface area contributed by atoms with Crippen LogP contribution in [0.1, 0.15) is 42.6 Å². The second-order valence-corrected chi connectivity index (χ2v) is 8.29. The molecule has 0 saturated carbocycles. The highest BCUT2D eigenvalue weighted by molar-refractivity contribution is 5.89. The lowest BCUT2D eigenvalue weighted by molar-refractivity contribution is -0.137. The fourth-order valence-electron chi connectivity index (χ4n) is 4.20. The van der Waals surface area contributed by atoms with Crippen molar-refractivity contribution < 1.29 is 18.0 Å². The number of hydrogen-bond donors (Lipinski definition) is 1. The van der Waals surface area contributed by atoms with Gasteiger partial charge in [-0.25, -0.2) is 14.3 Å². The van der Waals surface area contributed by atoms with Gasteiger partial charge in [0.2, 0.25) is 0 Å². The first-order chi connectivity index (χ1) is 16.3. The molecule has 1 saturated heterocycles. The highest BCUT2D eigenvalue weighted by Gasteiger charge is 2.31. The number of piperidine rings is 1. The van der Waals surface area contributed by atoms with Crippen LogP contribution in [0.2, 0.25) is 0 Å². The Kier molecular flexibility index (Phi) is 6.76. The predicted octanol–water partition coefficient (Wildman–Crippen LogP) is 4.54. The number of carbonyl (C=O) groups is 1. The fraction of sp³-hybridized carbons (Fsp3) is 0.375. The van der Waals surface area contributed by atoms with Crippen molar-refractivity contribution in [1.82, 2.24) is 19.2 Å². The number of alkyl halides is 3. The lowest BCUT2D eigenvalue weighted by Gasteiger charge is -2.31. The topological polar surface area (TPSA) is 72.2 Å². The second kappa shape index (κ2) is 9.74. The molecule has 0 bridgehead atoms. The van der Waals surface area contributed by atoms with E-state index in [1.807, 2.05) is 37.3 Å². The van der Waals surface area contributed by atoms with Crippen LogP contribution >= 0.6 is 0 Å². The molecule has 1 aliphatic rings. The number of urea groups is 1. The van der Waals surface area contributed by atoms with E-state index in [2.05, 4.69) is 10.4 Å². The third kappa shape index (κ3) is 5.16. The van der Waals surface area contributed by atoms with E-state index >= 15 is 0 Å². The van der Waals surface area contributed by atoms with Crippen LogP contribution in [-0.2, 0) is 19.3 Å². The first-order valence-electron chi connectivity index (χ1n) is 11.2. The Balaban J connectivity index is 1.39. The summed E-state index contributed by atoms with van der Waals surface area (Å²) in [6.45, 7) is 3.73. The summed E-state index contributed by atoms with van der Waals surface area (Å²) in [7, 11) is 0. The van der Waals surface area contributed by atoms with Gasteiger partial charge in [-0.15, -0.1) is 0 Å². The van der Waals surface area contributed by atoms with E-state index in [-0.39, 0.29) is 17.6 Å². The molecule has 2 aromatic carbocycles. The number of amides is 2. The number of rotatable bonds is 5. The molecule has 10 heteroatoms. The van der Waals surface area contributed by atoms with E-state index in [1.54, 1.807) is 9.47 Å². The molecule has 2 amide bonds. The number of halogens is 3. The van der Waals surface area contributed by atoms with Gasteiger partial charge in [0.05, 0.1) is 12.1 Å². The van der Waals surface area contributed by atoms with Crippen LogP contribution in [0.15, 0.2) is 59.4 Å². The Hall–Kier alpha value is -3.56. The van der Waals surface area contributed by atoms with Crippen molar-refractivity contribution in [2.75, 3.05) is 18.4 Å². The van der Waals surface area contributed by atoms with E-state index in [1.165, 1.54) is 16.8 Å². The van der Waals surface area contributed by atoms with Crippen molar-refractivity contribution in [3.05, 3.63) is 82.0 Å². The van der Waals surface area contributed by atoms with Gasteiger partial charge in [0.15, 0.2) is 0 Å². The summed E-state index contributed by atoms with van der Waals surface area (Å²) in [6, 6.07) is 13.7. The van der Waals surface area contributed by atoms with Gasteiger partial charge in [0.25, 0.3) is 0 Å². The van der Waals surface area contributed by atoms with Crippen molar-refractivity contribution in [2.24, 2.45) is 0 Å². The van der Waals surface area contributed by atoms with Crippen LogP contribution in [-0.4, -0.2) is 38.4 Å². The average Bonchev–Trinajstić information content (AvgIpc) is 3.14.